The van der Waals surface area contributed by atoms with E-state index in [1.165, 1.54) is 4.90 Å². The molecule has 0 spiro atoms. The van der Waals surface area contributed by atoms with Gasteiger partial charge in [-0.1, -0.05) is 30.3 Å². The normalized spacial score (nSPS) is 10.2. The molecule has 0 atom stereocenters. The van der Waals surface area contributed by atoms with Gasteiger partial charge >= 0.3 is 12.0 Å². The standard InChI is InChI=1S/C19H22N2O4/c1-14-6-5-8-16(12-14)25-17-9-4-3-7-15(17)13-20-19(24)21(2)11-10-18(22)23/h3-9,12H,10-11,13H2,1-2H3,(H,20,24)(H,22,23). The number of benzene rings is 2. The summed E-state index contributed by atoms with van der Waals surface area (Å²) in [6.45, 7) is 2.44. The Balaban J connectivity index is 1.98. The van der Waals surface area contributed by atoms with Crippen molar-refractivity contribution in [3.8, 4) is 11.5 Å². The highest BCUT2D eigenvalue weighted by Crippen LogP contribution is 2.25. The summed E-state index contributed by atoms with van der Waals surface area (Å²) in [7, 11) is 1.56. The summed E-state index contributed by atoms with van der Waals surface area (Å²) in [6.07, 6.45) is -0.0863. The summed E-state index contributed by atoms with van der Waals surface area (Å²) in [5, 5.41) is 11.4. The molecule has 2 N–H and O–H groups in total. The van der Waals surface area contributed by atoms with Crippen molar-refractivity contribution in [1.82, 2.24) is 10.2 Å². The topological polar surface area (TPSA) is 78.9 Å². The van der Waals surface area contributed by atoms with Gasteiger partial charge in [0, 0.05) is 25.7 Å². The number of hydrogen-bond acceptors (Lipinski definition) is 3. The smallest absolute Gasteiger partial charge is 0.317 e. The molecule has 0 aliphatic carbocycles. The van der Waals surface area contributed by atoms with E-state index in [4.69, 9.17) is 9.84 Å². The van der Waals surface area contributed by atoms with Gasteiger partial charge in [0.1, 0.15) is 11.5 Å². The molecule has 6 nitrogen and oxygen atoms in total. The summed E-state index contributed by atoms with van der Waals surface area (Å²) in [5.74, 6) is 0.468. The number of carboxylic acid groups (broad SMARTS) is 1. The highest BCUT2D eigenvalue weighted by Gasteiger charge is 2.11. The fourth-order valence-electron chi connectivity index (χ4n) is 2.23. The van der Waals surface area contributed by atoms with E-state index in [1.807, 2.05) is 55.5 Å². The van der Waals surface area contributed by atoms with Crippen molar-refractivity contribution < 1.29 is 19.4 Å². The third-order valence-electron chi connectivity index (χ3n) is 3.63. The molecule has 0 aliphatic heterocycles. The van der Waals surface area contributed by atoms with Crippen LogP contribution in [0.25, 0.3) is 0 Å². The highest BCUT2D eigenvalue weighted by molar-refractivity contribution is 5.75. The molecule has 0 heterocycles. The maximum absolute atomic E-state index is 12.0. The molecule has 132 valence electrons. The van der Waals surface area contributed by atoms with Crippen LogP contribution >= 0.6 is 0 Å². The van der Waals surface area contributed by atoms with Crippen LogP contribution in [0.2, 0.25) is 0 Å². The minimum Gasteiger partial charge on any atom is -0.481 e. The van der Waals surface area contributed by atoms with Gasteiger partial charge in [-0.25, -0.2) is 4.79 Å². The largest absolute Gasteiger partial charge is 0.481 e. The number of carboxylic acids is 1. The average molecular weight is 342 g/mol. The SMILES string of the molecule is Cc1cccc(Oc2ccccc2CNC(=O)N(C)CCC(=O)O)c1. The van der Waals surface area contributed by atoms with Crippen molar-refractivity contribution in [2.24, 2.45) is 0 Å². The maximum atomic E-state index is 12.0. The zero-order valence-electron chi connectivity index (χ0n) is 14.4. The second-order valence-corrected chi connectivity index (χ2v) is 5.75. The Morgan fingerprint density at radius 3 is 2.64 bits per heavy atom. The van der Waals surface area contributed by atoms with E-state index < -0.39 is 5.97 Å². The molecule has 0 fully saturated rings. The average Bonchev–Trinajstić information content (AvgIpc) is 2.58. The summed E-state index contributed by atoms with van der Waals surface area (Å²) < 4.78 is 5.92. The molecule has 6 heteroatoms. The Hall–Kier alpha value is -3.02. The van der Waals surface area contributed by atoms with Crippen molar-refractivity contribution in [3.05, 3.63) is 59.7 Å². The molecule has 25 heavy (non-hydrogen) atoms. The van der Waals surface area contributed by atoms with Crippen molar-refractivity contribution in [2.45, 2.75) is 19.9 Å². The van der Waals surface area contributed by atoms with Crippen LogP contribution in [0.5, 0.6) is 11.5 Å². The van der Waals surface area contributed by atoms with E-state index >= 15 is 0 Å². The fraction of sp³-hybridized carbons (Fsp3) is 0.263. The lowest BCUT2D eigenvalue weighted by molar-refractivity contribution is -0.137. The van der Waals surface area contributed by atoms with Crippen molar-refractivity contribution in [2.75, 3.05) is 13.6 Å². The van der Waals surface area contributed by atoms with Crippen LogP contribution in [0.3, 0.4) is 0 Å². The zero-order chi connectivity index (χ0) is 18.2. The van der Waals surface area contributed by atoms with Gasteiger partial charge in [-0.2, -0.15) is 0 Å². The third kappa shape index (κ3) is 5.84. The Morgan fingerprint density at radius 1 is 1.16 bits per heavy atom. The number of aliphatic carboxylic acids is 1. The van der Waals surface area contributed by atoms with Crippen LogP contribution in [0.15, 0.2) is 48.5 Å². The minimum atomic E-state index is -0.934. The summed E-state index contributed by atoms with van der Waals surface area (Å²) in [4.78, 5) is 23.9. The molecule has 2 aromatic rings. The van der Waals surface area contributed by atoms with E-state index in [0.29, 0.717) is 5.75 Å². The first-order valence-corrected chi connectivity index (χ1v) is 7.99. The Kier molecular flexibility index (Phi) is 6.39. The molecule has 0 unspecified atom stereocenters. The monoisotopic (exact) mass is 342 g/mol. The highest BCUT2D eigenvalue weighted by atomic mass is 16.5. The molecular weight excluding hydrogens is 320 g/mol. The summed E-state index contributed by atoms with van der Waals surface area (Å²) in [5.41, 5.74) is 1.94. The zero-order valence-corrected chi connectivity index (χ0v) is 14.4. The lowest BCUT2D eigenvalue weighted by Crippen LogP contribution is -2.38. The molecule has 2 aromatic carbocycles. The Morgan fingerprint density at radius 2 is 1.92 bits per heavy atom. The van der Waals surface area contributed by atoms with Gasteiger partial charge in [-0.05, 0) is 30.7 Å². The first-order chi connectivity index (χ1) is 12.0. The van der Waals surface area contributed by atoms with Gasteiger partial charge in [0.2, 0.25) is 0 Å². The first kappa shape index (κ1) is 18.3. The Labute approximate surface area is 147 Å². The fourth-order valence-corrected chi connectivity index (χ4v) is 2.23. The number of amides is 2. The van der Waals surface area contributed by atoms with Gasteiger partial charge in [0.25, 0.3) is 0 Å². The number of aryl methyl sites for hydroxylation is 1. The van der Waals surface area contributed by atoms with E-state index in [9.17, 15) is 9.59 Å². The predicted molar refractivity (Wildman–Crippen MR) is 94.8 cm³/mol. The number of carbonyl (C=O) groups excluding carboxylic acids is 1. The van der Waals surface area contributed by atoms with E-state index in [0.717, 1.165) is 16.9 Å². The third-order valence-corrected chi connectivity index (χ3v) is 3.63. The van der Waals surface area contributed by atoms with Gasteiger partial charge in [-0.15, -0.1) is 0 Å². The molecule has 2 rings (SSSR count). The number of para-hydroxylation sites is 1. The molecular formula is C19H22N2O4. The molecule has 0 saturated heterocycles. The quantitative estimate of drug-likeness (QED) is 0.808. The number of carbonyl (C=O) groups is 2. The first-order valence-electron chi connectivity index (χ1n) is 7.99. The van der Waals surface area contributed by atoms with Crippen LogP contribution in [-0.4, -0.2) is 35.6 Å². The van der Waals surface area contributed by atoms with Crippen LogP contribution in [0.4, 0.5) is 4.79 Å². The van der Waals surface area contributed by atoms with Gasteiger partial charge in [0.05, 0.1) is 6.42 Å². The number of urea groups is 1. The molecule has 0 aromatic heterocycles. The summed E-state index contributed by atoms with van der Waals surface area (Å²) in [6, 6.07) is 14.9. The van der Waals surface area contributed by atoms with Crippen molar-refractivity contribution >= 4 is 12.0 Å². The van der Waals surface area contributed by atoms with Crippen LogP contribution in [0.1, 0.15) is 17.5 Å². The lowest BCUT2D eigenvalue weighted by atomic mass is 10.2. The van der Waals surface area contributed by atoms with Gasteiger partial charge < -0.3 is 20.1 Å². The molecule has 0 saturated carbocycles. The Bertz CT molecular complexity index is 746. The minimum absolute atomic E-state index is 0.0863. The number of nitrogens with one attached hydrogen (secondary N) is 1. The number of hydrogen-bond donors (Lipinski definition) is 2. The van der Waals surface area contributed by atoms with Crippen LogP contribution < -0.4 is 10.1 Å². The second-order valence-electron chi connectivity index (χ2n) is 5.75. The number of rotatable bonds is 7. The van der Waals surface area contributed by atoms with Gasteiger partial charge in [0.15, 0.2) is 0 Å². The van der Waals surface area contributed by atoms with Crippen molar-refractivity contribution in [3.63, 3.8) is 0 Å². The molecule has 0 radical (unpaired) electrons. The maximum Gasteiger partial charge on any atom is 0.317 e. The van der Waals surface area contributed by atoms with Crippen LogP contribution in [-0.2, 0) is 11.3 Å². The lowest BCUT2D eigenvalue weighted by Gasteiger charge is -2.18. The molecule has 0 aliphatic rings. The van der Waals surface area contributed by atoms with E-state index in [-0.39, 0.29) is 25.5 Å². The summed E-state index contributed by atoms with van der Waals surface area (Å²) >= 11 is 0. The second kappa shape index (κ2) is 8.73. The number of nitrogens with zero attached hydrogens (tertiary/aromatic N) is 1. The molecule has 0 bridgehead atoms. The predicted octanol–water partition coefficient (Wildman–Crippen LogP) is 3.40. The number of ether oxygens (including phenoxy) is 1. The van der Waals surface area contributed by atoms with Crippen molar-refractivity contribution in [1.29, 1.82) is 0 Å². The van der Waals surface area contributed by atoms with E-state index in [2.05, 4.69) is 5.32 Å². The van der Waals surface area contributed by atoms with E-state index in [1.54, 1.807) is 7.05 Å². The van der Waals surface area contributed by atoms with Crippen LogP contribution in [0, 0.1) is 6.92 Å². The molecule has 2 amide bonds. The van der Waals surface area contributed by atoms with Gasteiger partial charge in [-0.3, -0.25) is 4.79 Å².